The van der Waals surface area contributed by atoms with Gasteiger partial charge in [0, 0.05) is 23.4 Å². The number of anilines is 1. The maximum Gasteiger partial charge on any atom is 0.319 e. The van der Waals surface area contributed by atoms with Crippen LogP contribution in [0.15, 0.2) is 52.9 Å². The molecule has 1 heterocycles. The molecular weight excluding hydrogens is 426 g/mol. The number of hydrogen-bond donors (Lipinski definition) is 3. The Bertz CT molecular complexity index is 1010. The lowest BCUT2D eigenvalue weighted by Crippen LogP contribution is -2.31. The molecule has 1 aromatic heterocycles. The Kier molecular flexibility index (Phi) is 8.52. The number of carbonyl (C=O) groups excluding carboxylic acids is 1. The molecule has 0 saturated heterocycles. The SMILES string of the molecule is CCSC(c1nnc(-c2ccc(NC(=O)NCCCN(C)C)cc2)o1)c1ccccc1O. The van der Waals surface area contributed by atoms with Gasteiger partial charge in [-0.25, -0.2) is 4.79 Å². The Morgan fingerprint density at radius 1 is 1.16 bits per heavy atom. The molecule has 2 aromatic carbocycles. The Labute approximate surface area is 192 Å². The van der Waals surface area contributed by atoms with Crippen molar-refractivity contribution in [1.29, 1.82) is 0 Å². The number of thioether (sulfide) groups is 1. The summed E-state index contributed by atoms with van der Waals surface area (Å²) in [6, 6.07) is 14.2. The van der Waals surface area contributed by atoms with E-state index in [1.54, 1.807) is 36.0 Å². The van der Waals surface area contributed by atoms with Crippen LogP contribution < -0.4 is 10.6 Å². The molecule has 0 radical (unpaired) electrons. The van der Waals surface area contributed by atoms with Crippen molar-refractivity contribution in [2.24, 2.45) is 0 Å². The smallest absolute Gasteiger partial charge is 0.319 e. The highest BCUT2D eigenvalue weighted by Gasteiger charge is 2.23. The van der Waals surface area contributed by atoms with E-state index in [0.29, 0.717) is 24.0 Å². The van der Waals surface area contributed by atoms with Crippen LogP contribution >= 0.6 is 11.8 Å². The molecular formula is C23H29N5O3S. The predicted octanol–water partition coefficient (Wildman–Crippen LogP) is 4.36. The van der Waals surface area contributed by atoms with E-state index < -0.39 is 0 Å². The maximum atomic E-state index is 12.0. The van der Waals surface area contributed by atoms with Gasteiger partial charge < -0.3 is 25.1 Å². The molecule has 0 bridgehead atoms. The number of aromatic nitrogens is 2. The molecule has 1 unspecified atom stereocenters. The Morgan fingerprint density at radius 3 is 2.59 bits per heavy atom. The molecule has 8 nitrogen and oxygen atoms in total. The predicted molar refractivity (Wildman–Crippen MR) is 128 cm³/mol. The second-order valence-corrected chi connectivity index (χ2v) is 8.84. The first-order chi connectivity index (χ1) is 15.5. The molecule has 3 N–H and O–H groups in total. The van der Waals surface area contributed by atoms with Crippen LogP contribution in [0.1, 0.15) is 30.0 Å². The summed E-state index contributed by atoms with van der Waals surface area (Å²) in [6.07, 6.45) is 0.886. The average Bonchev–Trinajstić information content (AvgIpc) is 3.26. The number of phenols is 1. The summed E-state index contributed by atoms with van der Waals surface area (Å²) in [7, 11) is 4.00. The second kappa shape index (κ2) is 11.5. The topological polar surface area (TPSA) is 104 Å². The van der Waals surface area contributed by atoms with Crippen molar-refractivity contribution in [3.8, 4) is 17.2 Å². The molecule has 0 aliphatic heterocycles. The summed E-state index contributed by atoms with van der Waals surface area (Å²) in [5.41, 5.74) is 2.16. The molecule has 2 amide bonds. The van der Waals surface area contributed by atoms with Crippen LogP contribution in [-0.2, 0) is 0 Å². The van der Waals surface area contributed by atoms with Gasteiger partial charge in [-0.1, -0.05) is 25.1 Å². The van der Waals surface area contributed by atoms with Gasteiger partial charge in [0.25, 0.3) is 0 Å². The fourth-order valence-corrected chi connectivity index (χ4v) is 4.05. The van der Waals surface area contributed by atoms with Crippen molar-refractivity contribution in [2.45, 2.75) is 18.6 Å². The molecule has 0 fully saturated rings. The van der Waals surface area contributed by atoms with Crippen LogP contribution in [0.5, 0.6) is 5.75 Å². The van der Waals surface area contributed by atoms with Crippen LogP contribution in [0.4, 0.5) is 10.5 Å². The van der Waals surface area contributed by atoms with Crippen LogP contribution in [0.25, 0.3) is 11.5 Å². The summed E-state index contributed by atoms with van der Waals surface area (Å²) in [5.74, 6) is 1.85. The minimum absolute atomic E-state index is 0.202. The highest BCUT2D eigenvalue weighted by Crippen LogP contribution is 2.39. The molecule has 32 heavy (non-hydrogen) atoms. The number of para-hydroxylation sites is 1. The fraction of sp³-hybridized carbons (Fsp3) is 0.348. The lowest BCUT2D eigenvalue weighted by molar-refractivity contribution is 0.251. The number of aromatic hydroxyl groups is 1. The number of carbonyl (C=O) groups is 1. The molecule has 0 aliphatic rings. The van der Waals surface area contributed by atoms with Crippen LogP contribution in [-0.4, -0.2) is 59.2 Å². The molecule has 3 aromatic rings. The molecule has 0 aliphatic carbocycles. The average molecular weight is 456 g/mol. The number of benzene rings is 2. The van der Waals surface area contributed by atoms with Crippen LogP contribution in [0.3, 0.4) is 0 Å². The summed E-state index contributed by atoms with van der Waals surface area (Å²) < 4.78 is 5.94. The normalized spacial score (nSPS) is 12.0. The van der Waals surface area contributed by atoms with E-state index in [0.717, 1.165) is 29.8 Å². The highest BCUT2D eigenvalue weighted by molar-refractivity contribution is 7.99. The third-order valence-corrected chi connectivity index (χ3v) is 5.80. The van der Waals surface area contributed by atoms with E-state index in [1.807, 2.05) is 45.3 Å². The minimum atomic E-state index is -0.250. The van der Waals surface area contributed by atoms with Crippen molar-refractivity contribution in [3.63, 3.8) is 0 Å². The first-order valence-electron chi connectivity index (χ1n) is 10.5. The third kappa shape index (κ3) is 6.48. The minimum Gasteiger partial charge on any atom is -0.508 e. The van der Waals surface area contributed by atoms with Gasteiger partial charge in [-0.15, -0.1) is 22.0 Å². The first kappa shape index (κ1) is 23.6. The lowest BCUT2D eigenvalue weighted by Gasteiger charge is -2.13. The monoisotopic (exact) mass is 455 g/mol. The molecule has 3 rings (SSSR count). The summed E-state index contributed by atoms with van der Waals surface area (Å²) in [5, 5.41) is 24.1. The van der Waals surface area contributed by atoms with Crippen LogP contribution in [0, 0.1) is 0 Å². The molecule has 170 valence electrons. The van der Waals surface area contributed by atoms with E-state index >= 15 is 0 Å². The number of nitrogens with zero attached hydrogens (tertiary/aromatic N) is 3. The first-order valence-corrected chi connectivity index (χ1v) is 11.6. The largest absolute Gasteiger partial charge is 0.508 e. The van der Waals surface area contributed by atoms with E-state index in [2.05, 4.69) is 25.7 Å². The Balaban J connectivity index is 1.64. The van der Waals surface area contributed by atoms with Crippen molar-refractivity contribution in [2.75, 3.05) is 38.3 Å². The molecule has 0 spiro atoms. The number of amides is 2. The number of hydrogen-bond acceptors (Lipinski definition) is 7. The molecule has 0 saturated carbocycles. The van der Waals surface area contributed by atoms with E-state index in [9.17, 15) is 9.90 Å². The van der Waals surface area contributed by atoms with Gasteiger partial charge in [-0.3, -0.25) is 0 Å². The van der Waals surface area contributed by atoms with Gasteiger partial charge in [0.2, 0.25) is 11.8 Å². The van der Waals surface area contributed by atoms with E-state index in [4.69, 9.17) is 4.42 Å². The van der Waals surface area contributed by atoms with Gasteiger partial charge in [0.05, 0.1) is 0 Å². The lowest BCUT2D eigenvalue weighted by atomic mass is 10.1. The second-order valence-electron chi connectivity index (χ2n) is 7.45. The summed E-state index contributed by atoms with van der Waals surface area (Å²) >= 11 is 1.61. The highest BCUT2D eigenvalue weighted by atomic mass is 32.2. The maximum absolute atomic E-state index is 12.0. The van der Waals surface area contributed by atoms with Gasteiger partial charge in [-0.2, -0.15) is 0 Å². The zero-order valence-electron chi connectivity index (χ0n) is 18.5. The zero-order chi connectivity index (χ0) is 22.9. The fourth-order valence-electron chi connectivity index (χ4n) is 3.10. The van der Waals surface area contributed by atoms with Gasteiger partial charge in [0.15, 0.2) is 0 Å². The Morgan fingerprint density at radius 2 is 1.91 bits per heavy atom. The zero-order valence-corrected chi connectivity index (χ0v) is 19.4. The van der Waals surface area contributed by atoms with Crippen molar-refractivity contribution in [3.05, 3.63) is 60.0 Å². The molecule has 1 atom stereocenters. The van der Waals surface area contributed by atoms with Crippen molar-refractivity contribution < 1.29 is 14.3 Å². The van der Waals surface area contributed by atoms with E-state index in [1.165, 1.54) is 0 Å². The third-order valence-electron chi connectivity index (χ3n) is 4.67. The number of phenolic OH excluding ortho intramolecular Hbond substituents is 1. The number of rotatable bonds is 10. The Hall–Kier alpha value is -3.04. The van der Waals surface area contributed by atoms with Gasteiger partial charge >= 0.3 is 6.03 Å². The summed E-state index contributed by atoms with van der Waals surface area (Å²) in [4.78, 5) is 14.1. The van der Waals surface area contributed by atoms with Crippen LogP contribution in [0.2, 0.25) is 0 Å². The quantitative estimate of drug-likeness (QED) is 0.390. The van der Waals surface area contributed by atoms with Crippen molar-refractivity contribution >= 4 is 23.5 Å². The van der Waals surface area contributed by atoms with Crippen molar-refractivity contribution in [1.82, 2.24) is 20.4 Å². The van der Waals surface area contributed by atoms with Gasteiger partial charge in [-0.05, 0) is 63.1 Å². The number of urea groups is 1. The number of nitrogens with one attached hydrogen (secondary N) is 2. The van der Waals surface area contributed by atoms with Gasteiger partial charge in [0.1, 0.15) is 11.0 Å². The molecule has 9 heteroatoms. The summed E-state index contributed by atoms with van der Waals surface area (Å²) in [6.45, 7) is 3.57. The standard InChI is InChI=1S/C23H29N5O3S/c1-4-32-20(18-8-5-6-9-19(18)29)22-27-26-21(31-22)16-10-12-17(13-11-16)25-23(30)24-14-7-15-28(2)3/h5-6,8-13,20,29H,4,7,14-15H2,1-3H3,(H2,24,25,30). The van der Waals surface area contributed by atoms with E-state index in [-0.39, 0.29) is 17.0 Å².